The van der Waals surface area contributed by atoms with Crippen molar-refractivity contribution in [1.82, 2.24) is 14.9 Å². The van der Waals surface area contributed by atoms with Gasteiger partial charge in [0.1, 0.15) is 5.82 Å². The SMILES string of the molecule is CN1CCC(N(C)c2ccnc(C(=O)O)n2)CC1. The van der Waals surface area contributed by atoms with Crippen molar-refractivity contribution < 1.29 is 9.90 Å². The number of carboxylic acids is 1. The molecule has 1 fully saturated rings. The second kappa shape index (κ2) is 5.30. The molecule has 1 aromatic heterocycles. The Morgan fingerprint density at radius 2 is 2.17 bits per heavy atom. The molecule has 0 amide bonds. The molecule has 0 aliphatic carbocycles. The highest BCUT2D eigenvalue weighted by Gasteiger charge is 2.22. The second-order valence-electron chi connectivity index (χ2n) is 4.69. The van der Waals surface area contributed by atoms with E-state index < -0.39 is 5.97 Å². The fourth-order valence-electron chi connectivity index (χ4n) is 2.22. The van der Waals surface area contributed by atoms with Gasteiger partial charge in [0.05, 0.1) is 0 Å². The first-order chi connectivity index (χ1) is 8.58. The van der Waals surface area contributed by atoms with Crippen molar-refractivity contribution in [3.8, 4) is 0 Å². The number of anilines is 1. The third-order valence-electron chi connectivity index (χ3n) is 3.43. The molecule has 1 aromatic rings. The molecular formula is C12H18N4O2. The number of carboxylic acid groups (broad SMARTS) is 1. The Labute approximate surface area is 106 Å². The smallest absolute Gasteiger partial charge is 0.374 e. The normalized spacial score (nSPS) is 17.7. The largest absolute Gasteiger partial charge is 0.475 e. The van der Waals surface area contributed by atoms with Gasteiger partial charge in [-0.1, -0.05) is 0 Å². The van der Waals surface area contributed by atoms with Crippen LogP contribution in [0.15, 0.2) is 12.3 Å². The van der Waals surface area contributed by atoms with E-state index in [1.165, 1.54) is 6.20 Å². The maximum absolute atomic E-state index is 10.8. The summed E-state index contributed by atoms with van der Waals surface area (Å²) in [6, 6.07) is 2.17. The lowest BCUT2D eigenvalue weighted by molar-refractivity contribution is 0.0683. The minimum atomic E-state index is -1.09. The molecule has 0 atom stereocenters. The zero-order chi connectivity index (χ0) is 13.1. The summed E-state index contributed by atoms with van der Waals surface area (Å²) < 4.78 is 0. The summed E-state index contributed by atoms with van der Waals surface area (Å²) in [6.45, 7) is 2.12. The van der Waals surface area contributed by atoms with Crippen LogP contribution in [0.25, 0.3) is 0 Å². The van der Waals surface area contributed by atoms with Gasteiger partial charge in [-0.15, -0.1) is 0 Å². The van der Waals surface area contributed by atoms with Gasteiger partial charge in [0.15, 0.2) is 0 Å². The Hall–Kier alpha value is -1.69. The molecule has 0 unspecified atom stereocenters. The number of nitrogens with zero attached hydrogens (tertiary/aromatic N) is 4. The van der Waals surface area contributed by atoms with Gasteiger partial charge in [-0.05, 0) is 39.0 Å². The average Bonchev–Trinajstić information content (AvgIpc) is 2.39. The highest BCUT2D eigenvalue weighted by molar-refractivity contribution is 5.83. The van der Waals surface area contributed by atoms with E-state index in [1.54, 1.807) is 6.07 Å². The van der Waals surface area contributed by atoms with Gasteiger partial charge in [-0.25, -0.2) is 14.8 Å². The Morgan fingerprint density at radius 3 is 2.78 bits per heavy atom. The van der Waals surface area contributed by atoms with Crippen LogP contribution in [0.1, 0.15) is 23.5 Å². The third kappa shape index (κ3) is 2.76. The minimum absolute atomic E-state index is 0.146. The maximum atomic E-state index is 10.8. The molecule has 0 radical (unpaired) electrons. The van der Waals surface area contributed by atoms with Gasteiger partial charge in [0.2, 0.25) is 5.82 Å². The summed E-state index contributed by atoms with van der Waals surface area (Å²) in [5.41, 5.74) is 0. The van der Waals surface area contributed by atoms with Crippen LogP contribution in [-0.2, 0) is 0 Å². The topological polar surface area (TPSA) is 69.6 Å². The molecule has 2 heterocycles. The Bertz CT molecular complexity index is 430. The van der Waals surface area contributed by atoms with E-state index in [4.69, 9.17) is 5.11 Å². The summed E-state index contributed by atoms with van der Waals surface area (Å²) in [4.78, 5) is 23.0. The third-order valence-corrected chi connectivity index (χ3v) is 3.43. The van der Waals surface area contributed by atoms with Crippen molar-refractivity contribution in [2.75, 3.05) is 32.1 Å². The molecule has 1 aliphatic rings. The predicted octanol–water partition coefficient (Wildman–Crippen LogP) is 0.705. The number of aromatic nitrogens is 2. The van der Waals surface area contributed by atoms with Crippen LogP contribution in [0.4, 0.5) is 5.82 Å². The summed E-state index contributed by atoms with van der Waals surface area (Å²) >= 11 is 0. The van der Waals surface area contributed by atoms with Gasteiger partial charge < -0.3 is 14.9 Å². The van der Waals surface area contributed by atoms with Crippen molar-refractivity contribution in [2.45, 2.75) is 18.9 Å². The van der Waals surface area contributed by atoms with Crippen LogP contribution in [-0.4, -0.2) is 59.2 Å². The molecule has 0 saturated carbocycles. The van der Waals surface area contributed by atoms with Crippen LogP contribution in [0.5, 0.6) is 0 Å². The van der Waals surface area contributed by atoms with Gasteiger partial charge in [-0.3, -0.25) is 0 Å². The average molecular weight is 250 g/mol. The molecule has 0 aromatic carbocycles. The molecule has 2 rings (SSSR count). The lowest BCUT2D eigenvalue weighted by Crippen LogP contribution is -2.42. The van der Waals surface area contributed by atoms with Crippen LogP contribution in [0, 0.1) is 0 Å². The van der Waals surface area contributed by atoms with E-state index in [9.17, 15) is 4.79 Å². The number of hydrogen-bond donors (Lipinski definition) is 1. The van der Waals surface area contributed by atoms with Crippen molar-refractivity contribution in [3.63, 3.8) is 0 Å². The molecule has 1 N–H and O–H groups in total. The zero-order valence-electron chi connectivity index (χ0n) is 10.7. The molecule has 6 nitrogen and oxygen atoms in total. The maximum Gasteiger partial charge on any atom is 0.374 e. The van der Waals surface area contributed by atoms with E-state index in [0.29, 0.717) is 11.9 Å². The first kappa shape index (κ1) is 12.8. The van der Waals surface area contributed by atoms with Crippen LogP contribution in [0.2, 0.25) is 0 Å². The Balaban J connectivity index is 2.10. The molecule has 0 bridgehead atoms. The summed E-state index contributed by atoms with van der Waals surface area (Å²) in [5, 5.41) is 8.89. The summed E-state index contributed by atoms with van der Waals surface area (Å²) in [5.74, 6) is -0.558. The van der Waals surface area contributed by atoms with Gasteiger partial charge in [0.25, 0.3) is 0 Å². The highest BCUT2D eigenvalue weighted by atomic mass is 16.4. The van der Waals surface area contributed by atoms with E-state index in [-0.39, 0.29) is 5.82 Å². The molecule has 1 aliphatic heterocycles. The monoisotopic (exact) mass is 250 g/mol. The molecule has 18 heavy (non-hydrogen) atoms. The van der Waals surface area contributed by atoms with Crippen molar-refractivity contribution in [1.29, 1.82) is 0 Å². The van der Waals surface area contributed by atoms with Crippen molar-refractivity contribution in [2.24, 2.45) is 0 Å². The Kier molecular flexibility index (Phi) is 3.76. The second-order valence-corrected chi connectivity index (χ2v) is 4.69. The lowest BCUT2D eigenvalue weighted by Gasteiger charge is -2.35. The van der Waals surface area contributed by atoms with Crippen LogP contribution < -0.4 is 4.90 Å². The molecule has 0 spiro atoms. The number of aromatic carboxylic acids is 1. The lowest BCUT2D eigenvalue weighted by atomic mass is 10.0. The van der Waals surface area contributed by atoms with Crippen LogP contribution in [0.3, 0.4) is 0 Å². The van der Waals surface area contributed by atoms with Gasteiger partial charge in [0, 0.05) is 19.3 Å². The number of carbonyl (C=O) groups is 1. The first-order valence-electron chi connectivity index (χ1n) is 6.05. The predicted molar refractivity (Wildman–Crippen MR) is 67.9 cm³/mol. The van der Waals surface area contributed by atoms with Crippen molar-refractivity contribution >= 4 is 11.8 Å². The minimum Gasteiger partial charge on any atom is -0.475 e. The standard InChI is InChI=1S/C12H18N4O2/c1-15-7-4-9(5-8-15)16(2)10-3-6-13-11(14-10)12(17)18/h3,6,9H,4-5,7-8H2,1-2H3,(H,17,18). The summed E-state index contributed by atoms with van der Waals surface area (Å²) in [7, 11) is 4.08. The zero-order valence-corrected chi connectivity index (χ0v) is 10.7. The number of piperidine rings is 1. The number of hydrogen-bond acceptors (Lipinski definition) is 5. The van der Waals surface area contributed by atoms with Gasteiger partial charge in [-0.2, -0.15) is 0 Å². The van der Waals surface area contributed by atoms with Crippen molar-refractivity contribution in [3.05, 3.63) is 18.1 Å². The fraction of sp³-hybridized carbons (Fsp3) is 0.583. The number of rotatable bonds is 3. The first-order valence-corrected chi connectivity index (χ1v) is 6.05. The fourth-order valence-corrected chi connectivity index (χ4v) is 2.22. The molecule has 98 valence electrons. The van der Waals surface area contributed by atoms with E-state index in [0.717, 1.165) is 25.9 Å². The molecule has 6 heteroatoms. The van der Waals surface area contributed by atoms with E-state index >= 15 is 0 Å². The number of likely N-dealkylation sites (tertiary alicyclic amines) is 1. The van der Waals surface area contributed by atoms with Gasteiger partial charge >= 0.3 is 5.97 Å². The Morgan fingerprint density at radius 1 is 1.50 bits per heavy atom. The molecular weight excluding hydrogens is 232 g/mol. The summed E-state index contributed by atoms with van der Waals surface area (Å²) in [6.07, 6.45) is 3.63. The van der Waals surface area contributed by atoms with E-state index in [2.05, 4.69) is 26.8 Å². The molecule has 1 saturated heterocycles. The van der Waals surface area contributed by atoms with E-state index in [1.807, 2.05) is 7.05 Å². The highest BCUT2D eigenvalue weighted by Crippen LogP contribution is 2.19. The quantitative estimate of drug-likeness (QED) is 0.852. The van der Waals surface area contributed by atoms with Crippen LogP contribution >= 0.6 is 0 Å².